The van der Waals surface area contributed by atoms with Gasteiger partial charge >= 0.3 is 0 Å². The molecule has 222 valence electrons. The van der Waals surface area contributed by atoms with Crippen molar-refractivity contribution in [3.05, 3.63) is 11.1 Å². The average molecular weight is 555 g/mol. The Bertz CT molecular complexity index is 1080. The highest BCUT2D eigenvalue weighted by molar-refractivity contribution is 5.40. The molecule has 7 atom stereocenters. The zero-order valence-corrected chi connectivity index (χ0v) is 24.9. The van der Waals surface area contributed by atoms with Crippen molar-refractivity contribution in [1.29, 1.82) is 0 Å². The van der Waals surface area contributed by atoms with Crippen LogP contribution in [0.25, 0.3) is 0 Å². The van der Waals surface area contributed by atoms with Crippen molar-refractivity contribution >= 4 is 0 Å². The van der Waals surface area contributed by atoms with E-state index in [0.29, 0.717) is 49.9 Å². The zero-order chi connectivity index (χ0) is 27.8. The number of fused-ring (bicyclic) bond motifs is 4. The van der Waals surface area contributed by atoms with Gasteiger partial charge in [0.25, 0.3) is 0 Å². The van der Waals surface area contributed by atoms with Gasteiger partial charge in [0.2, 0.25) is 0 Å². The summed E-state index contributed by atoms with van der Waals surface area (Å²) < 4.78 is 24.3. The third-order valence-electron chi connectivity index (χ3n) is 12.0. The van der Waals surface area contributed by atoms with Crippen molar-refractivity contribution < 1.29 is 29.2 Å². The maximum absolute atomic E-state index is 12.2. The second-order valence-corrected chi connectivity index (χ2v) is 15.4. The van der Waals surface area contributed by atoms with E-state index in [4.69, 9.17) is 18.9 Å². The molecule has 1 unspecified atom stereocenters. The Balaban J connectivity index is 1.14. The van der Waals surface area contributed by atoms with Crippen molar-refractivity contribution in [2.45, 2.75) is 128 Å². The normalized spacial score (nSPS) is 45.7. The first-order valence-corrected chi connectivity index (χ1v) is 16.2. The highest BCUT2D eigenvalue weighted by Gasteiger charge is 2.65. The average Bonchev–Trinajstić information content (AvgIpc) is 3.74. The fourth-order valence-corrected chi connectivity index (χ4v) is 9.61. The summed E-state index contributed by atoms with van der Waals surface area (Å²) in [5, 5.41) is 24.4. The smallest absolute Gasteiger partial charge is 0.171 e. The van der Waals surface area contributed by atoms with Gasteiger partial charge in [0.15, 0.2) is 12.1 Å². The molecule has 2 N–H and O–H groups in total. The molecule has 40 heavy (non-hydrogen) atoms. The van der Waals surface area contributed by atoms with E-state index < -0.39 is 17.0 Å². The first kappa shape index (κ1) is 27.9. The monoisotopic (exact) mass is 554 g/mol. The summed E-state index contributed by atoms with van der Waals surface area (Å²) >= 11 is 0. The Morgan fingerprint density at radius 1 is 0.925 bits per heavy atom. The van der Waals surface area contributed by atoms with E-state index in [-0.39, 0.29) is 17.1 Å². The number of rotatable bonds is 3. The molecule has 6 nitrogen and oxygen atoms in total. The molecular weight excluding hydrogens is 504 g/mol. The van der Waals surface area contributed by atoms with Crippen LogP contribution in [-0.2, 0) is 18.9 Å². The van der Waals surface area contributed by atoms with Gasteiger partial charge in [-0.15, -0.1) is 0 Å². The van der Waals surface area contributed by atoms with E-state index in [1.54, 1.807) is 5.57 Å². The molecule has 6 heteroatoms. The molecule has 6 fully saturated rings. The van der Waals surface area contributed by atoms with Crippen LogP contribution in [0.1, 0.15) is 104 Å². The molecule has 2 saturated heterocycles. The third-order valence-corrected chi connectivity index (χ3v) is 12.0. The Kier molecular flexibility index (Phi) is 6.82. The molecule has 0 amide bonds. The van der Waals surface area contributed by atoms with E-state index in [2.05, 4.69) is 32.6 Å². The standard InChI is InChI=1S/C34H50O6/c1-30(2)21-39-34(40-22-30)16-12-27-29-24(10-14-32(27,35)20-34)26-11-15-33(36,31(26,3)19-25(29)23-8-9-23)13-6-18-38-28-7-4-5-17-37-28/h23-26,28,35-36H,4-5,7-12,14-22H2,1-3H3/t24-,25+,26-,28?,31-,32+,33-/m0/s1. The van der Waals surface area contributed by atoms with Gasteiger partial charge in [-0.2, -0.15) is 0 Å². The second kappa shape index (κ2) is 9.79. The van der Waals surface area contributed by atoms with Crippen LogP contribution in [0.15, 0.2) is 11.1 Å². The number of allylic oxidation sites excluding steroid dienone is 1. The van der Waals surface area contributed by atoms with Crippen molar-refractivity contribution in [1.82, 2.24) is 0 Å². The molecule has 5 aliphatic carbocycles. The molecule has 0 radical (unpaired) electrons. The summed E-state index contributed by atoms with van der Waals surface area (Å²) in [4.78, 5) is 0. The maximum atomic E-state index is 12.2. The van der Waals surface area contributed by atoms with Crippen LogP contribution in [0, 0.1) is 46.3 Å². The number of hydrogen-bond acceptors (Lipinski definition) is 6. The fourth-order valence-electron chi connectivity index (χ4n) is 9.61. The molecule has 0 aromatic rings. The maximum Gasteiger partial charge on any atom is 0.171 e. The van der Waals surface area contributed by atoms with Crippen LogP contribution in [-0.4, -0.2) is 59.9 Å². The van der Waals surface area contributed by atoms with Gasteiger partial charge in [-0.1, -0.05) is 38.2 Å². The Morgan fingerprint density at radius 2 is 1.73 bits per heavy atom. The van der Waals surface area contributed by atoms with Crippen molar-refractivity contribution in [2.24, 2.45) is 34.5 Å². The van der Waals surface area contributed by atoms with Crippen LogP contribution in [0.3, 0.4) is 0 Å². The molecule has 1 spiro atoms. The molecule has 2 aliphatic heterocycles. The molecule has 0 aromatic carbocycles. The fraction of sp³-hybridized carbons (Fsp3) is 0.882. The molecule has 7 aliphatic rings. The minimum atomic E-state index is -0.987. The van der Waals surface area contributed by atoms with Crippen LogP contribution in [0.4, 0.5) is 0 Å². The summed E-state index contributed by atoms with van der Waals surface area (Å²) in [5.41, 5.74) is 0.842. The van der Waals surface area contributed by atoms with Crippen LogP contribution in [0.5, 0.6) is 0 Å². The van der Waals surface area contributed by atoms with E-state index in [1.165, 1.54) is 18.4 Å². The highest BCUT2D eigenvalue weighted by atomic mass is 16.7. The predicted octanol–water partition coefficient (Wildman–Crippen LogP) is 5.50. The van der Waals surface area contributed by atoms with Crippen molar-refractivity contribution in [2.75, 3.05) is 26.4 Å². The Morgan fingerprint density at radius 3 is 2.45 bits per heavy atom. The van der Waals surface area contributed by atoms with Crippen LogP contribution >= 0.6 is 0 Å². The van der Waals surface area contributed by atoms with Crippen LogP contribution in [0.2, 0.25) is 0 Å². The largest absolute Gasteiger partial charge is 0.385 e. The van der Waals surface area contributed by atoms with E-state index in [1.807, 2.05) is 0 Å². The van der Waals surface area contributed by atoms with Crippen molar-refractivity contribution in [3.63, 3.8) is 0 Å². The van der Waals surface area contributed by atoms with Gasteiger partial charge in [0, 0.05) is 30.3 Å². The van der Waals surface area contributed by atoms with Gasteiger partial charge in [-0.25, -0.2) is 0 Å². The lowest BCUT2D eigenvalue weighted by molar-refractivity contribution is -0.322. The highest BCUT2D eigenvalue weighted by Crippen LogP contribution is 2.68. The molecular formula is C34H50O6. The minimum absolute atomic E-state index is 0.0209. The first-order valence-electron chi connectivity index (χ1n) is 16.2. The number of ether oxygens (including phenoxy) is 4. The van der Waals surface area contributed by atoms with Crippen molar-refractivity contribution in [3.8, 4) is 11.8 Å². The SMILES string of the molecule is CC1(C)COC2(CCC3=C4[C@@H](CC[C@@]3(O)C2)[C@@H]2CC[C@@](O)(C#CCOC3CCCCO3)[C@@]2(C)C[C@@H]4C2CC2)OC1. The molecule has 0 aromatic heterocycles. The molecule has 2 heterocycles. The van der Waals surface area contributed by atoms with Gasteiger partial charge in [0.05, 0.1) is 18.8 Å². The zero-order valence-electron chi connectivity index (χ0n) is 24.9. The first-order chi connectivity index (χ1) is 19.1. The lowest BCUT2D eigenvalue weighted by Crippen LogP contribution is -2.58. The molecule has 4 saturated carbocycles. The lowest BCUT2D eigenvalue weighted by atomic mass is 9.50. The molecule has 0 bridgehead atoms. The summed E-state index contributed by atoms with van der Waals surface area (Å²) in [7, 11) is 0. The Hall–Kier alpha value is -0.940. The van der Waals surface area contributed by atoms with Gasteiger partial charge in [-0.05, 0) is 99.9 Å². The topological polar surface area (TPSA) is 77.4 Å². The summed E-state index contributed by atoms with van der Waals surface area (Å²) in [6.45, 7) is 9.12. The third kappa shape index (κ3) is 4.63. The molecule has 7 rings (SSSR count). The van der Waals surface area contributed by atoms with Gasteiger partial charge < -0.3 is 29.2 Å². The minimum Gasteiger partial charge on any atom is -0.385 e. The number of hydrogen-bond donors (Lipinski definition) is 2. The second-order valence-electron chi connectivity index (χ2n) is 15.4. The van der Waals surface area contributed by atoms with Gasteiger partial charge in [0.1, 0.15) is 12.2 Å². The van der Waals surface area contributed by atoms with Gasteiger partial charge in [-0.3, -0.25) is 0 Å². The summed E-state index contributed by atoms with van der Waals surface area (Å²) in [6, 6.07) is 0. The quantitative estimate of drug-likeness (QED) is 0.354. The Labute approximate surface area is 240 Å². The van der Waals surface area contributed by atoms with Crippen LogP contribution < -0.4 is 0 Å². The van der Waals surface area contributed by atoms with E-state index >= 15 is 0 Å². The van der Waals surface area contributed by atoms with E-state index in [0.717, 1.165) is 70.8 Å². The summed E-state index contributed by atoms with van der Waals surface area (Å²) in [6.07, 6.45) is 12.2. The number of aliphatic hydroxyl groups is 2. The lowest BCUT2D eigenvalue weighted by Gasteiger charge is -2.58. The van der Waals surface area contributed by atoms with E-state index in [9.17, 15) is 10.2 Å². The summed E-state index contributed by atoms with van der Waals surface area (Å²) in [5.74, 6) is 7.86. The predicted molar refractivity (Wildman–Crippen MR) is 151 cm³/mol.